The summed E-state index contributed by atoms with van der Waals surface area (Å²) in [6.07, 6.45) is 0. The van der Waals surface area contributed by atoms with Crippen LogP contribution in [0, 0.1) is 13.8 Å². The summed E-state index contributed by atoms with van der Waals surface area (Å²) in [6.45, 7) is 3.92. The van der Waals surface area contributed by atoms with Crippen molar-refractivity contribution in [3.63, 3.8) is 0 Å². The minimum absolute atomic E-state index is 0.326. The van der Waals surface area contributed by atoms with E-state index in [0.29, 0.717) is 23.1 Å². The first-order valence-electron chi connectivity index (χ1n) is 5.64. The van der Waals surface area contributed by atoms with Crippen molar-refractivity contribution in [1.29, 1.82) is 0 Å². The molecule has 1 aromatic carbocycles. The minimum atomic E-state index is 0.326. The molecule has 19 heavy (non-hydrogen) atoms. The van der Waals surface area contributed by atoms with Gasteiger partial charge in [-0.15, -0.1) is 0 Å². The van der Waals surface area contributed by atoms with Crippen LogP contribution in [0.2, 0.25) is 0 Å². The van der Waals surface area contributed by atoms with Gasteiger partial charge in [-0.1, -0.05) is 21.1 Å². The van der Waals surface area contributed by atoms with Crippen LogP contribution in [0.15, 0.2) is 15.1 Å². The Hall–Kier alpha value is -1.69. The number of methoxy groups -OCH3 is 2. The van der Waals surface area contributed by atoms with Crippen molar-refractivity contribution in [2.45, 2.75) is 13.8 Å². The van der Waals surface area contributed by atoms with Gasteiger partial charge in [0, 0.05) is 16.1 Å². The number of halogens is 1. The zero-order valence-electron chi connectivity index (χ0n) is 11.2. The highest BCUT2D eigenvalue weighted by Gasteiger charge is 2.23. The largest absolute Gasteiger partial charge is 0.493 e. The molecule has 0 aliphatic heterocycles. The van der Waals surface area contributed by atoms with E-state index in [2.05, 4.69) is 21.1 Å². The average molecular weight is 327 g/mol. The average Bonchev–Trinajstić information content (AvgIpc) is 2.81. The summed E-state index contributed by atoms with van der Waals surface area (Å²) >= 11 is 3.56. The van der Waals surface area contributed by atoms with Gasteiger partial charge < -0.3 is 19.7 Å². The van der Waals surface area contributed by atoms with Gasteiger partial charge in [0.1, 0.15) is 0 Å². The summed E-state index contributed by atoms with van der Waals surface area (Å²) in [6, 6.07) is 1.66. The fraction of sp³-hybridized carbons (Fsp3) is 0.308. The molecule has 0 aliphatic rings. The van der Waals surface area contributed by atoms with Crippen molar-refractivity contribution in [3.05, 3.63) is 21.7 Å². The number of aromatic nitrogens is 1. The van der Waals surface area contributed by atoms with E-state index in [1.807, 2.05) is 13.8 Å². The topological polar surface area (TPSA) is 70.5 Å². The lowest BCUT2D eigenvalue weighted by molar-refractivity contribution is 0.351. The quantitative estimate of drug-likeness (QED) is 0.936. The van der Waals surface area contributed by atoms with Crippen molar-refractivity contribution in [2.24, 2.45) is 0 Å². The predicted molar refractivity (Wildman–Crippen MR) is 76.6 cm³/mol. The number of rotatable bonds is 3. The number of hydrogen-bond donors (Lipinski definition) is 1. The summed E-state index contributed by atoms with van der Waals surface area (Å²) in [5, 5.41) is 3.71. The van der Waals surface area contributed by atoms with Crippen molar-refractivity contribution >= 4 is 21.7 Å². The molecule has 2 N–H and O–H groups in total. The standard InChI is InChI=1S/C13H15BrN2O3/c1-6-10(8-5-9(15)16-19-8)13(18-4)12(17-3)7(2)11(6)14/h5H,1-4H3,(H2,15,16). The van der Waals surface area contributed by atoms with Crippen LogP contribution in [0.4, 0.5) is 5.82 Å². The smallest absolute Gasteiger partial charge is 0.173 e. The number of nitrogen functional groups attached to an aromatic ring is 1. The van der Waals surface area contributed by atoms with Crippen molar-refractivity contribution < 1.29 is 14.0 Å². The SMILES string of the molecule is COc1c(C)c(Br)c(C)c(-c2cc(N)no2)c1OC. The number of anilines is 1. The third-order valence-electron chi connectivity index (χ3n) is 2.99. The molecule has 0 saturated carbocycles. The molecule has 5 nitrogen and oxygen atoms in total. The fourth-order valence-electron chi connectivity index (χ4n) is 2.09. The van der Waals surface area contributed by atoms with Crippen LogP contribution in [0.1, 0.15) is 11.1 Å². The van der Waals surface area contributed by atoms with E-state index in [-0.39, 0.29) is 0 Å². The molecular weight excluding hydrogens is 312 g/mol. The van der Waals surface area contributed by atoms with E-state index in [1.165, 1.54) is 0 Å². The maximum atomic E-state index is 5.61. The van der Waals surface area contributed by atoms with E-state index in [9.17, 15) is 0 Å². The zero-order valence-corrected chi connectivity index (χ0v) is 12.8. The zero-order chi connectivity index (χ0) is 14.2. The highest BCUT2D eigenvalue weighted by molar-refractivity contribution is 9.10. The Labute approximate surface area is 119 Å². The third-order valence-corrected chi connectivity index (χ3v) is 4.18. The molecule has 0 amide bonds. The van der Waals surface area contributed by atoms with Crippen molar-refractivity contribution in [3.8, 4) is 22.8 Å². The number of ether oxygens (including phenoxy) is 2. The Balaban J connectivity index is 2.82. The molecule has 2 aromatic rings. The number of nitrogens with two attached hydrogens (primary N) is 1. The normalized spacial score (nSPS) is 10.6. The summed E-state index contributed by atoms with van der Waals surface area (Å²) in [7, 11) is 3.19. The summed E-state index contributed by atoms with van der Waals surface area (Å²) in [5.74, 6) is 2.14. The second kappa shape index (κ2) is 5.13. The van der Waals surface area contributed by atoms with Crippen LogP contribution < -0.4 is 15.2 Å². The second-order valence-corrected chi connectivity index (χ2v) is 4.91. The molecule has 1 aromatic heterocycles. The molecule has 0 radical (unpaired) electrons. The molecule has 2 rings (SSSR count). The third kappa shape index (κ3) is 2.16. The van der Waals surface area contributed by atoms with Gasteiger partial charge in [0.2, 0.25) is 0 Å². The lowest BCUT2D eigenvalue weighted by Crippen LogP contribution is -1.99. The molecule has 0 spiro atoms. The van der Waals surface area contributed by atoms with Gasteiger partial charge in [-0.25, -0.2) is 0 Å². The Kier molecular flexibility index (Phi) is 3.71. The molecule has 6 heteroatoms. The van der Waals surface area contributed by atoms with Gasteiger partial charge in [0.15, 0.2) is 23.1 Å². The number of benzene rings is 1. The first-order valence-corrected chi connectivity index (χ1v) is 6.43. The van der Waals surface area contributed by atoms with Gasteiger partial charge in [0.25, 0.3) is 0 Å². The van der Waals surface area contributed by atoms with Gasteiger partial charge in [0.05, 0.1) is 19.8 Å². The van der Waals surface area contributed by atoms with Crippen LogP contribution in [-0.2, 0) is 0 Å². The Bertz CT molecular complexity index is 623. The Morgan fingerprint density at radius 2 is 1.79 bits per heavy atom. The molecule has 0 fully saturated rings. The molecule has 102 valence electrons. The van der Waals surface area contributed by atoms with Crippen LogP contribution in [0.5, 0.6) is 11.5 Å². The molecule has 0 saturated heterocycles. The molecule has 0 unspecified atom stereocenters. The summed E-state index contributed by atoms with van der Waals surface area (Å²) in [4.78, 5) is 0. The van der Waals surface area contributed by atoms with Crippen LogP contribution >= 0.6 is 15.9 Å². The highest BCUT2D eigenvalue weighted by Crippen LogP contribution is 2.46. The monoisotopic (exact) mass is 326 g/mol. The van der Waals surface area contributed by atoms with Crippen LogP contribution in [-0.4, -0.2) is 19.4 Å². The summed E-state index contributed by atoms with van der Waals surface area (Å²) in [5.41, 5.74) is 8.33. The fourth-order valence-corrected chi connectivity index (χ4v) is 2.47. The first kappa shape index (κ1) is 13.7. The van der Waals surface area contributed by atoms with Gasteiger partial charge >= 0.3 is 0 Å². The van der Waals surface area contributed by atoms with E-state index >= 15 is 0 Å². The maximum Gasteiger partial charge on any atom is 0.173 e. The summed E-state index contributed by atoms with van der Waals surface area (Å²) < 4.78 is 17.1. The van der Waals surface area contributed by atoms with Gasteiger partial charge in [-0.2, -0.15) is 0 Å². The Morgan fingerprint density at radius 3 is 2.26 bits per heavy atom. The number of nitrogens with zero attached hydrogens (tertiary/aromatic N) is 1. The lowest BCUT2D eigenvalue weighted by atomic mass is 10.0. The Morgan fingerprint density at radius 1 is 1.16 bits per heavy atom. The van der Waals surface area contributed by atoms with Crippen LogP contribution in [0.3, 0.4) is 0 Å². The predicted octanol–water partition coefficient (Wildman–Crippen LogP) is 3.32. The van der Waals surface area contributed by atoms with E-state index < -0.39 is 0 Å². The van der Waals surface area contributed by atoms with Crippen molar-refractivity contribution in [2.75, 3.05) is 20.0 Å². The minimum Gasteiger partial charge on any atom is -0.493 e. The molecule has 0 atom stereocenters. The van der Waals surface area contributed by atoms with E-state index in [0.717, 1.165) is 21.2 Å². The van der Waals surface area contributed by atoms with Crippen LogP contribution in [0.25, 0.3) is 11.3 Å². The van der Waals surface area contributed by atoms with Gasteiger partial charge in [-0.05, 0) is 19.4 Å². The molecule has 0 aliphatic carbocycles. The molecule has 0 bridgehead atoms. The lowest BCUT2D eigenvalue weighted by Gasteiger charge is -2.18. The number of hydrogen-bond acceptors (Lipinski definition) is 5. The van der Waals surface area contributed by atoms with Crippen molar-refractivity contribution in [1.82, 2.24) is 5.16 Å². The van der Waals surface area contributed by atoms with Gasteiger partial charge in [-0.3, -0.25) is 0 Å². The first-order chi connectivity index (χ1) is 9.01. The van der Waals surface area contributed by atoms with E-state index in [1.54, 1.807) is 20.3 Å². The highest BCUT2D eigenvalue weighted by atomic mass is 79.9. The van der Waals surface area contributed by atoms with E-state index in [4.69, 9.17) is 19.7 Å². The molecule has 1 heterocycles. The molecular formula is C13H15BrN2O3. The maximum absolute atomic E-state index is 5.61. The second-order valence-electron chi connectivity index (χ2n) is 4.12.